The van der Waals surface area contributed by atoms with E-state index in [1.165, 1.54) is 45.3 Å². The molecule has 16 heavy (non-hydrogen) atoms. The number of nitrogens with zero attached hydrogens (tertiary/aromatic N) is 1. The first-order valence-corrected chi connectivity index (χ1v) is 6.78. The molecular weight excluding hydrogens is 196 g/mol. The predicted molar refractivity (Wildman–Crippen MR) is 68.2 cm³/mol. The SMILES string of the molecule is C#CC(CC)N1CCC(C2CCCN2)CC1. The quantitative estimate of drug-likeness (QED) is 0.730. The predicted octanol–water partition coefficient (Wildman–Crippen LogP) is 1.86. The molecule has 2 heterocycles. The molecule has 0 spiro atoms. The van der Waals surface area contributed by atoms with Crippen LogP contribution in [0.15, 0.2) is 0 Å². The lowest BCUT2D eigenvalue weighted by Gasteiger charge is -2.37. The molecule has 0 saturated carbocycles. The van der Waals surface area contributed by atoms with Gasteiger partial charge < -0.3 is 5.32 Å². The molecule has 2 fully saturated rings. The molecule has 2 aliphatic rings. The van der Waals surface area contributed by atoms with Crippen molar-refractivity contribution in [1.29, 1.82) is 0 Å². The normalized spacial score (nSPS) is 30.1. The smallest absolute Gasteiger partial charge is 0.0709 e. The van der Waals surface area contributed by atoms with Crippen molar-refractivity contribution in [2.75, 3.05) is 19.6 Å². The van der Waals surface area contributed by atoms with Crippen LogP contribution in [0.25, 0.3) is 0 Å². The van der Waals surface area contributed by atoms with Crippen LogP contribution in [0.5, 0.6) is 0 Å². The lowest BCUT2D eigenvalue weighted by Crippen LogP contribution is -2.44. The van der Waals surface area contributed by atoms with Crippen molar-refractivity contribution in [2.24, 2.45) is 5.92 Å². The Morgan fingerprint density at radius 3 is 2.62 bits per heavy atom. The summed E-state index contributed by atoms with van der Waals surface area (Å²) in [5.41, 5.74) is 0. The van der Waals surface area contributed by atoms with Crippen molar-refractivity contribution in [2.45, 2.75) is 51.1 Å². The third-order valence-electron chi connectivity index (χ3n) is 4.26. The van der Waals surface area contributed by atoms with Gasteiger partial charge in [-0.1, -0.05) is 12.8 Å². The minimum absolute atomic E-state index is 0.373. The van der Waals surface area contributed by atoms with E-state index in [-0.39, 0.29) is 0 Å². The maximum Gasteiger partial charge on any atom is 0.0709 e. The van der Waals surface area contributed by atoms with Gasteiger partial charge in [-0.25, -0.2) is 0 Å². The molecule has 2 saturated heterocycles. The van der Waals surface area contributed by atoms with E-state index in [9.17, 15) is 0 Å². The molecule has 90 valence electrons. The van der Waals surface area contributed by atoms with Crippen molar-refractivity contribution >= 4 is 0 Å². The van der Waals surface area contributed by atoms with Gasteiger partial charge in [-0.2, -0.15) is 0 Å². The van der Waals surface area contributed by atoms with E-state index in [0.29, 0.717) is 6.04 Å². The zero-order chi connectivity index (χ0) is 11.4. The molecule has 0 aliphatic carbocycles. The second-order valence-electron chi connectivity index (χ2n) is 5.17. The third kappa shape index (κ3) is 2.59. The molecule has 0 aromatic heterocycles. The van der Waals surface area contributed by atoms with E-state index in [1.807, 2.05) is 0 Å². The Hall–Kier alpha value is -0.520. The molecule has 2 heteroatoms. The fourth-order valence-electron chi connectivity index (χ4n) is 3.23. The average Bonchev–Trinajstić information content (AvgIpc) is 2.85. The Labute approximate surface area is 99.8 Å². The third-order valence-corrected chi connectivity index (χ3v) is 4.26. The van der Waals surface area contributed by atoms with Crippen LogP contribution in [0.3, 0.4) is 0 Å². The van der Waals surface area contributed by atoms with Gasteiger partial charge in [-0.05, 0) is 57.7 Å². The van der Waals surface area contributed by atoms with E-state index in [0.717, 1.165) is 18.4 Å². The van der Waals surface area contributed by atoms with Crippen molar-refractivity contribution in [1.82, 2.24) is 10.2 Å². The summed E-state index contributed by atoms with van der Waals surface area (Å²) in [7, 11) is 0. The standard InChI is InChI=1S/C14H24N2/c1-3-13(4-2)16-10-7-12(8-11-16)14-6-5-9-15-14/h1,12-15H,4-11H2,2H3. The van der Waals surface area contributed by atoms with Gasteiger partial charge in [0.1, 0.15) is 0 Å². The summed E-state index contributed by atoms with van der Waals surface area (Å²) >= 11 is 0. The topological polar surface area (TPSA) is 15.3 Å². The molecule has 0 radical (unpaired) electrons. The Morgan fingerprint density at radius 1 is 1.38 bits per heavy atom. The molecule has 0 aromatic rings. The average molecular weight is 220 g/mol. The van der Waals surface area contributed by atoms with Gasteiger partial charge >= 0.3 is 0 Å². The number of likely N-dealkylation sites (tertiary alicyclic amines) is 1. The molecule has 0 bridgehead atoms. The van der Waals surface area contributed by atoms with Crippen LogP contribution in [-0.4, -0.2) is 36.6 Å². The van der Waals surface area contributed by atoms with Crippen molar-refractivity contribution in [3.05, 3.63) is 0 Å². The number of rotatable bonds is 3. The summed E-state index contributed by atoms with van der Waals surface area (Å²) < 4.78 is 0. The summed E-state index contributed by atoms with van der Waals surface area (Å²) in [4.78, 5) is 2.49. The van der Waals surface area contributed by atoms with Gasteiger partial charge in [0.2, 0.25) is 0 Å². The largest absolute Gasteiger partial charge is 0.314 e. The van der Waals surface area contributed by atoms with Crippen LogP contribution in [-0.2, 0) is 0 Å². The van der Waals surface area contributed by atoms with Gasteiger partial charge in [-0.15, -0.1) is 6.42 Å². The Morgan fingerprint density at radius 2 is 2.12 bits per heavy atom. The van der Waals surface area contributed by atoms with Crippen molar-refractivity contribution in [3.63, 3.8) is 0 Å². The molecule has 2 nitrogen and oxygen atoms in total. The molecule has 2 aliphatic heterocycles. The Bertz CT molecular complexity index is 242. The fraction of sp³-hybridized carbons (Fsp3) is 0.857. The number of piperidine rings is 1. The zero-order valence-corrected chi connectivity index (χ0v) is 10.4. The Balaban J connectivity index is 1.80. The minimum Gasteiger partial charge on any atom is -0.314 e. The van der Waals surface area contributed by atoms with E-state index in [4.69, 9.17) is 6.42 Å². The van der Waals surface area contributed by atoms with Crippen LogP contribution in [0.4, 0.5) is 0 Å². The maximum atomic E-state index is 5.57. The monoisotopic (exact) mass is 220 g/mol. The van der Waals surface area contributed by atoms with Gasteiger partial charge in [0, 0.05) is 6.04 Å². The lowest BCUT2D eigenvalue weighted by molar-refractivity contribution is 0.140. The van der Waals surface area contributed by atoms with Crippen molar-refractivity contribution in [3.8, 4) is 12.3 Å². The Kier molecular flexibility index (Phi) is 4.26. The van der Waals surface area contributed by atoms with Gasteiger partial charge in [0.15, 0.2) is 0 Å². The second kappa shape index (κ2) is 5.70. The van der Waals surface area contributed by atoms with Gasteiger partial charge in [-0.3, -0.25) is 4.90 Å². The van der Waals surface area contributed by atoms with Crippen LogP contribution >= 0.6 is 0 Å². The number of terminal acetylenes is 1. The molecule has 2 rings (SSSR count). The lowest BCUT2D eigenvalue weighted by atomic mass is 9.88. The highest BCUT2D eigenvalue weighted by Gasteiger charge is 2.29. The summed E-state index contributed by atoms with van der Waals surface area (Å²) in [5.74, 6) is 3.81. The maximum absolute atomic E-state index is 5.57. The first-order chi connectivity index (χ1) is 7.85. The van der Waals surface area contributed by atoms with Gasteiger partial charge in [0.05, 0.1) is 6.04 Å². The van der Waals surface area contributed by atoms with Crippen LogP contribution in [0, 0.1) is 18.3 Å². The molecule has 2 unspecified atom stereocenters. The van der Waals surface area contributed by atoms with Gasteiger partial charge in [0.25, 0.3) is 0 Å². The van der Waals surface area contributed by atoms with Crippen molar-refractivity contribution < 1.29 is 0 Å². The molecule has 2 atom stereocenters. The first-order valence-electron chi connectivity index (χ1n) is 6.78. The number of nitrogens with one attached hydrogen (secondary N) is 1. The van der Waals surface area contributed by atoms with Crippen LogP contribution in [0.2, 0.25) is 0 Å². The van der Waals surface area contributed by atoms with E-state index >= 15 is 0 Å². The first kappa shape index (κ1) is 12.0. The molecule has 0 amide bonds. The zero-order valence-electron chi connectivity index (χ0n) is 10.4. The second-order valence-corrected chi connectivity index (χ2v) is 5.17. The van der Waals surface area contributed by atoms with E-state index in [1.54, 1.807) is 0 Å². The fourth-order valence-corrected chi connectivity index (χ4v) is 3.23. The molecule has 0 aromatic carbocycles. The highest BCUT2D eigenvalue weighted by Crippen LogP contribution is 2.26. The number of hydrogen-bond acceptors (Lipinski definition) is 2. The highest BCUT2D eigenvalue weighted by atomic mass is 15.2. The van der Waals surface area contributed by atoms with Crippen LogP contribution < -0.4 is 5.32 Å². The minimum atomic E-state index is 0.373. The van der Waals surface area contributed by atoms with E-state index in [2.05, 4.69) is 23.1 Å². The number of hydrogen-bond donors (Lipinski definition) is 1. The molecular formula is C14H24N2. The molecule has 1 N–H and O–H groups in total. The summed E-state index contributed by atoms with van der Waals surface area (Å²) in [6, 6.07) is 1.17. The summed E-state index contributed by atoms with van der Waals surface area (Å²) in [6.45, 7) is 5.82. The highest BCUT2D eigenvalue weighted by molar-refractivity contribution is 5.00. The van der Waals surface area contributed by atoms with Crippen LogP contribution in [0.1, 0.15) is 39.0 Å². The van der Waals surface area contributed by atoms with E-state index < -0.39 is 0 Å². The summed E-state index contributed by atoms with van der Waals surface area (Å²) in [5, 5.41) is 3.64. The summed E-state index contributed by atoms with van der Waals surface area (Å²) in [6.07, 6.45) is 12.1.